The summed E-state index contributed by atoms with van der Waals surface area (Å²) in [5.74, 6) is 1.54. The molecule has 1 aliphatic heterocycles. The maximum Gasteiger partial charge on any atom is 0.245 e. The molecule has 0 bridgehead atoms. The molecular weight excluding hydrogens is 248 g/mol. The van der Waals surface area contributed by atoms with Gasteiger partial charge in [0.15, 0.2) is 5.82 Å². The second-order valence-corrected chi connectivity index (χ2v) is 5.45. The Morgan fingerprint density at radius 2 is 2.44 bits per heavy atom. The maximum atomic E-state index is 5.97. The van der Waals surface area contributed by atoms with Crippen LogP contribution in [0.25, 0.3) is 10.7 Å². The van der Waals surface area contributed by atoms with Gasteiger partial charge in [-0.05, 0) is 19.8 Å². The van der Waals surface area contributed by atoms with Gasteiger partial charge in [-0.3, -0.25) is 5.10 Å². The molecular formula is C11H16N6S. The number of piperidine rings is 1. The summed E-state index contributed by atoms with van der Waals surface area (Å²) in [5.41, 5.74) is 8.78. The predicted molar refractivity (Wildman–Crippen MR) is 71.7 cm³/mol. The van der Waals surface area contributed by atoms with Crippen molar-refractivity contribution in [3.05, 3.63) is 11.2 Å². The third-order valence-electron chi connectivity index (χ3n) is 3.17. The van der Waals surface area contributed by atoms with Crippen LogP contribution < -0.4 is 10.6 Å². The predicted octanol–water partition coefficient (Wildman–Crippen LogP) is 1.16. The molecule has 1 aliphatic rings. The van der Waals surface area contributed by atoms with Gasteiger partial charge in [0.05, 0.1) is 16.1 Å². The van der Waals surface area contributed by atoms with Gasteiger partial charge in [0, 0.05) is 19.1 Å². The minimum atomic E-state index is 0.228. The molecule has 0 amide bonds. The molecule has 18 heavy (non-hydrogen) atoms. The van der Waals surface area contributed by atoms with Gasteiger partial charge in [0.25, 0.3) is 0 Å². The molecule has 6 nitrogen and oxygen atoms in total. The normalized spacial score (nSPS) is 20.3. The number of nitrogens with zero attached hydrogens (tertiary/aromatic N) is 4. The Morgan fingerprint density at radius 3 is 3.17 bits per heavy atom. The fourth-order valence-corrected chi connectivity index (χ4v) is 2.96. The number of aryl methyl sites for hydroxylation is 1. The van der Waals surface area contributed by atoms with Crippen molar-refractivity contribution >= 4 is 17.3 Å². The van der Waals surface area contributed by atoms with Crippen molar-refractivity contribution in [1.82, 2.24) is 20.2 Å². The van der Waals surface area contributed by atoms with Crippen LogP contribution in [0, 0.1) is 6.92 Å². The second-order valence-electron chi connectivity index (χ2n) is 4.60. The lowest BCUT2D eigenvalue weighted by molar-refractivity contribution is 0.500. The second kappa shape index (κ2) is 4.66. The lowest BCUT2D eigenvalue weighted by Gasteiger charge is -2.29. The summed E-state index contributed by atoms with van der Waals surface area (Å²) < 4.78 is 0. The summed E-state index contributed by atoms with van der Waals surface area (Å²) in [6, 6.07) is 0.228. The molecule has 1 saturated heterocycles. The van der Waals surface area contributed by atoms with E-state index in [1.165, 1.54) is 0 Å². The summed E-state index contributed by atoms with van der Waals surface area (Å²) in [6.07, 6.45) is 2.19. The van der Waals surface area contributed by atoms with Crippen LogP contribution in [0.15, 0.2) is 5.51 Å². The molecule has 0 saturated carbocycles. The van der Waals surface area contributed by atoms with Crippen LogP contribution in [-0.2, 0) is 0 Å². The first-order valence-electron chi connectivity index (χ1n) is 6.07. The van der Waals surface area contributed by atoms with Crippen molar-refractivity contribution in [1.29, 1.82) is 0 Å². The van der Waals surface area contributed by atoms with Gasteiger partial charge in [-0.15, -0.1) is 16.4 Å². The molecule has 1 atom stereocenters. The first-order valence-corrected chi connectivity index (χ1v) is 6.95. The quantitative estimate of drug-likeness (QED) is 0.850. The summed E-state index contributed by atoms with van der Waals surface area (Å²) >= 11 is 1.58. The van der Waals surface area contributed by atoms with Gasteiger partial charge in [-0.2, -0.15) is 4.98 Å². The molecule has 0 aliphatic carbocycles. The number of nitrogens with one attached hydrogen (secondary N) is 1. The summed E-state index contributed by atoms with van der Waals surface area (Å²) in [7, 11) is 0. The molecule has 1 fully saturated rings. The highest BCUT2D eigenvalue weighted by Crippen LogP contribution is 2.25. The molecule has 3 heterocycles. The fraction of sp³-hybridized carbons (Fsp3) is 0.545. The zero-order valence-electron chi connectivity index (χ0n) is 10.3. The van der Waals surface area contributed by atoms with Crippen LogP contribution in [-0.4, -0.2) is 39.3 Å². The van der Waals surface area contributed by atoms with E-state index < -0.39 is 0 Å². The number of hydrogen-bond donors (Lipinski definition) is 2. The van der Waals surface area contributed by atoms with Crippen LogP contribution in [0.3, 0.4) is 0 Å². The molecule has 0 radical (unpaired) electrons. The van der Waals surface area contributed by atoms with E-state index in [1.54, 1.807) is 11.3 Å². The topological polar surface area (TPSA) is 83.7 Å². The van der Waals surface area contributed by atoms with E-state index in [2.05, 4.69) is 25.1 Å². The van der Waals surface area contributed by atoms with Gasteiger partial charge in [0.2, 0.25) is 5.95 Å². The average Bonchev–Trinajstić information content (AvgIpc) is 2.97. The van der Waals surface area contributed by atoms with E-state index in [0.29, 0.717) is 0 Å². The number of aromatic amines is 1. The number of hydrogen-bond acceptors (Lipinski definition) is 6. The smallest absolute Gasteiger partial charge is 0.245 e. The van der Waals surface area contributed by atoms with Crippen molar-refractivity contribution in [3.8, 4) is 10.7 Å². The third kappa shape index (κ3) is 2.11. The molecule has 0 spiro atoms. The highest BCUT2D eigenvalue weighted by molar-refractivity contribution is 7.13. The van der Waals surface area contributed by atoms with E-state index in [9.17, 15) is 0 Å². The number of anilines is 1. The van der Waals surface area contributed by atoms with Crippen molar-refractivity contribution in [2.45, 2.75) is 25.8 Å². The number of nitrogens with two attached hydrogens (primary N) is 1. The van der Waals surface area contributed by atoms with Gasteiger partial charge < -0.3 is 10.6 Å². The first kappa shape index (κ1) is 11.6. The lowest BCUT2D eigenvalue weighted by Crippen LogP contribution is -2.43. The van der Waals surface area contributed by atoms with E-state index in [1.807, 2.05) is 12.4 Å². The van der Waals surface area contributed by atoms with Crippen molar-refractivity contribution in [2.24, 2.45) is 5.73 Å². The summed E-state index contributed by atoms with van der Waals surface area (Å²) in [4.78, 5) is 12.0. The standard InChI is InChI=1S/C11H16N6S/c1-7-9(18-6-13-7)10-14-11(16-15-10)17-4-2-3-8(12)5-17/h6,8H,2-5,12H2,1H3,(H,14,15,16). The summed E-state index contributed by atoms with van der Waals surface area (Å²) in [5, 5.41) is 7.27. The van der Waals surface area contributed by atoms with Crippen molar-refractivity contribution in [2.75, 3.05) is 18.0 Å². The number of aromatic nitrogens is 4. The molecule has 2 aromatic heterocycles. The van der Waals surface area contributed by atoms with E-state index >= 15 is 0 Å². The fourth-order valence-electron chi connectivity index (χ4n) is 2.22. The summed E-state index contributed by atoms with van der Waals surface area (Å²) in [6.45, 7) is 3.79. The molecule has 3 rings (SSSR count). The minimum Gasteiger partial charge on any atom is -0.338 e. The largest absolute Gasteiger partial charge is 0.338 e. The third-order valence-corrected chi connectivity index (χ3v) is 4.11. The molecule has 96 valence electrons. The Labute approximate surface area is 109 Å². The van der Waals surface area contributed by atoms with E-state index in [0.717, 1.165) is 48.3 Å². The number of thiazole rings is 1. The van der Waals surface area contributed by atoms with Crippen LogP contribution >= 0.6 is 11.3 Å². The van der Waals surface area contributed by atoms with Crippen LogP contribution in [0.1, 0.15) is 18.5 Å². The van der Waals surface area contributed by atoms with Gasteiger partial charge in [-0.25, -0.2) is 4.98 Å². The Bertz CT molecular complexity index is 533. The Morgan fingerprint density at radius 1 is 1.56 bits per heavy atom. The van der Waals surface area contributed by atoms with Gasteiger partial charge in [-0.1, -0.05) is 0 Å². The van der Waals surface area contributed by atoms with E-state index in [-0.39, 0.29) is 6.04 Å². The van der Waals surface area contributed by atoms with Crippen LogP contribution in [0.5, 0.6) is 0 Å². The maximum absolute atomic E-state index is 5.97. The monoisotopic (exact) mass is 264 g/mol. The van der Waals surface area contributed by atoms with Crippen molar-refractivity contribution < 1.29 is 0 Å². The Balaban J connectivity index is 1.83. The number of rotatable bonds is 2. The number of H-pyrrole nitrogens is 1. The van der Waals surface area contributed by atoms with Crippen molar-refractivity contribution in [3.63, 3.8) is 0 Å². The molecule has 2 aromatic rings. The molecule has 7 heteroatoms. The van der Waals surface area contributed by atoms with Gasteiger partial charge in [0.1, 0.15) is 0 Å². The minimum absolute atomic E-state index is 0.228. The average molecular weight is 264 g/mol. The van der Waals surface area contributed by atoms with Crippen LogP contribution in [0.2, 0.25) is 0 Å². The van der Waals surface area contributed by atoms with Crippen LogP contribution in [0.4, 0.5) is 5.95 Å². The first-order chi connectivity index (χ1) is 8.74. The lowest BCUT2D eigenvalue weighted by atomic mass is 10.1. The van der Waals surface area contributed by atoms with E-state index in [4.69, 9.17) is 5.73 Å². The highest BCUT2D eigenvalue weighted by atomic mass is 32.1. The molecule has 0 aromatic carbocycles. The zero-order valence-corrected chi connectivity index (χ0v) is 11.1. The van der Waals surface area contributed by atoms with Gasteiger partial charge >= 0.3 is 0 Å². The Kier molecular flexibility index (Phi) is 3.00. The SMILES string of the molecule is Cc1ncsc1-c1nc(N2CCCC(N)C2)n[nH]1. The highest BCUT2D eigenvalue weighted by Gasteiger charge is 2.21. The zero-order chi connectivity index (χ0) is 12.5. The molecule has 1 unspecified atom stereocenters. The Hall–Kier alpha value is -1.47. The molecule has 3 N–H and O–H groups in total.